The monoisotopic (exact) mass is 539 g/mol. The third kappa shape index (κ3) is 6.29. The largest absolute Gasteiger partial charge is 0.383 e. The molecule has 1 unspecified atom stereocenters. The second-order valence-corrected chi connectivity index (χ2v) is 10.6. The van der Waals surface area contributed by atoms with Crippen LogP contribution < -0.4 is 21.7 Å². The van der Waals surface area contributed by atoms with Gasteiger partial charge in [0.2, 0.25) is 5.91 Å². The molecule has 1 saturated carbocycles. The van der Waals surface area contributed by atoms with Gasteiger partial charge in [0.05, 0.1) is 12.0 Å². The van der Waals surface area contributed by atoms with Gasteiger partial charge in [0.1, 0.15) is 18.4 Å². The van der Waals surface area contributed by atoms with Gasteiger partial charge in [-0.25, -0.2) is 4.98 Å². The minimum absolute atomic E-state index is 0.103. The van der Waals surface area contributed by atoms with Crippen LogP contribution in [0.25, 0.3) is 0 Å². The fourth-order valence-electron chi connectivity index (χ4n) is 5.20. The van der Waals surface area contributed by atoms with Gasteiger partial charge < -0.3 is 26.5 Å². The molecule has 3 aromatic rings. The molecular formula is C32H37N5O3. The van der Waals surface area contributed by atoms with E-state index in [0.717, 1.165) is 63.0 Å². The van der Waals surface area contributed by atoms with Gasteiger partial charge >= 0.3 is 0 Å². The Morgan fingerprint density at radius 1 is 1.10 bits per heavy atom. The van der Waals surface area contributed by atoms with Crippen LogP contribution in [0.1, 0.15) is 51.0 Å². The molecule has 1 atom stereocenters. The van der Waals surface area contributed by atoms with Crippen molar-refractivity contribution in [1.82, 2.24) is 10.3 Å². The van der Waals surface area contributed by atoms with E-state index in [1.165, 1.54) is 12.8 Å². The molecule has 2 aliphatic rings. The summed E-state index contributed by atoms with van der Waals surface area (Å²) in [5.74, 6) is 0.909. The van der Waals surface area contributed by atoms with Gasteiger partial charge in [0.25, 0.3) is 0 Å². The number of nitrogens with two attached hydrogens (primary N) is 1. The molecule has 1 aromatic heterocycles. The number of carbonyl (C=O) groups is 3. The van der Waals surface area contributed by atoms with E-state index in [9.17, 15) is 14.4 Å². The zero-order valence-electron chi connectivity index (χ0n) is 23.3. The predicted molar refractivity (Wildman–Crippen MR) is 160 cm³/mol. The van der Waals surface area contributed by atoms with Crippen LogP contribution in [0.2, 0.25) is 0 Å². The summed E-state index contributed by atoms with van der Waals surface area (Å²) in [7, 11) is 1.72. The average molecular weight is 540 g/mol. The molecule has 8 heteroatoms. The number of nitrogen functional groups attached to an aromatic ring is 1. The van der Waals surface area contributed by atoms with Crippen molar-refractivity contribution in [2.45, 2.75) is 44.9 Å². The van der Waals surface area contributed by atoms with E-state index >= 15 is 0 Å². The highest BCUT2D eigenvalue weighted by molar-refractivity contribution is 5.92. The summed E-state index contributed by atoms with van der Waals surface area (Å²) in [6.45, 7) is 8.32. The van der Waals surface area contributed by atoms with Gasteiger partial charge in [0.15, 0.2) is 0 Å². The Hall–Kier alpha value is -4.30. The molecule has 0 radical (unpaired) electrons. The van der Waals surface area contributed by atoms with E-state index in [1.807, 2.05) is 50.2 Å². The number of hydrogen-bond donors (Lipinski definition) is 4. The minimum atomic E-state index is -0.686. The fraction of sp³-hybridized carbons (Fsp3) is 0.312. The van der Waals surface area contributed by atoms with Crippen LogP contribution in [0.5, 0.6) is 0 Å². The lowest BCUT2D eigenvalue weighted by Gasteiger charge is -2.23. The number of anilines is 3. The maximum absolute atomic E-state index is 11.9. The summed E-state index contributed by atoms with van der Waals surface area (Å²) in [4.78, 5) is 38.6. The number of carbonyl (C=O) groups excluding carboxylic acids is 3. The van der Waals surface area contributed by atoms with Gasteiger partial charge in [-0.1, -0.05) is 30.8 Å². The first-order chi connectivity index (χ1) is 19.2. The Bertz CT molecular complexity index is 1450. The highest BCUT2D eigenvalue weighted by Crippen LogP contribution is 2.41. The Morgan fingerprint density at radius 2 is 1.85 bits per heavy atom. The van der Waals surface area contributed by atoms with E-state index in [-0.39, 0.29) is 12.5 Å². The maximum Gasteiger partial charge on any atom is 0.238 e. The quantitative estimate of drug-likeness (QED) is 0.295. The number of amides is 1. The number of allylic oxidation sites excluding steroid dienone is 1. The number of pyridine rings is 1. The van der Waals surface area contributed by atoms with Crippen LogP contribution >= 0.6 is 0 Å². The number of aromatic nitrogens is 1. The number of likely N-dealkylation sites (N-methyl/N-ethyl adjacent to an activating group) is 1. The van der Waals surface area contributed by atoms with Crippen molar-refractivity contribution in [3.8, 4) is 0 Å². The molecule has 5 N–H and O–H groups in total. The van der Waals surface area contributed by atoms with Crippen LogP contribution in [-0.4, -0.2) is 37.1 Å². The summed E-state index contributed by atoms with van der Waals surface area (Å²) in [6, 6.07) is 13.2. The molecule has 2 aliphatic carbocycles. The van der Waals surface area contributed by atoms with Crippen LogP contribution in [0, 0.1) is 19.8 Å². The number of rotatable bonds is 9. The number of nitrogens with one attached hydrogen (secondary N) is 3. The molecule has 8 nitrogen and oxygen atoms in total. The summed E-state index contributed by atoms with van der Waals surface area (Å²) < 4.78 is 0. The number of aldehydes is 2. The van der Waals surface area contributed by atoms with Crippen LogP contribution in [0.15, 0.2) is 60.9 Å². The molecule has 1 fully saturated rings. The normalized spacial score (nSPS) is 17.2. The van der Waals surface area contributed by atoms with E-state index in [0.29, 0.717) is 24.6 Å². The zero-order chi connectivity index (χ0) is 28.9. The van der Waals surface area contributed by atoms with Gasteiger partial charge in [-0.15, -0.1) is 0 Å². The molecule has 2 aromatic carbocycles. The van der Waals surface area contributed by atoms with Crippen molar-refractivity contribution in [2.24, 2.45) is 5.92 Å². The Kier molecular flexibility index (Phi) is 8.80. The first kappa shape index (κ1) is 28.7. The van der Waals surface area contributed by atoms with Crippen molar-refractivity contribution in [2.75, 3.05) is 30.0 Å². The smallest absolute Gasteiger partial charge is 0.238 e. The van der Waals surface area contributed by atoms with Crippen molar-refractivity contribution in [3.05, 3.63) is 94.3 Å². The third-order valence-corrected chi connectivity index (χ3v) is 7.64. The van der Waals surface area contributed by atoms with Crippen LogP contribution in [-0.2, 0) is 27.8 Å². The maximum atomic E-state index is 11.9. The lowest BCUT2D eigenvalue weighted by atomic mass is 9.79. The SMILES string of the molecule is C=C(Nc1c(C)ccc(C=O)c1C)C1CC1.CNCC(=O)Nc1ccc2c(c1)CC(C=O)(c1cccnc1N)C2. The van der Waals surface area contributed by atoms with Crippen molar-refractivity contribution in [3.63, 3.8) is 0 Å². The van der Waals surface area contributed by atoms with E-state index < -0.39 is 5.41 Å². The predicted octanol–water partition coefficient (Wildman–Crippen LogP) is 4.51. The molecule has 5 rings (SSSR count). The highest BCUT2D eigenvalue weighted by atomic mass is 16.2. The summed E-state index contributed by atoms with van der Waals surface area (Å²) >= 11 is 0. The van der Waals surface area contributed by atoms with Gasteiger partial charge in [0, 0.05) is 34.4 Å². The summed E-state index contributed by atoms with van der Waals surface area (Å²) in [6.07, 6.45) is 7.10. The van der Waals surface area contributed by atoms with E-state index in [4.69, 9.17) is 5.73 Å². The van der Waals surface area contributed by atoms with Crippen molar-refractivity contribution < 1.29 is 14.4 Å². The number of aryl methyl sites for hydroxylation is 1. The first-order valence-electron chi connectivity index (χ1n) is 13.5. The lowest BCUT2D eigenvalue weighted by Crippen LogP contribution is -2.30. The van der Waals surface area contributed by atoms with Crippen LogP contribution in [0.3, 0.4) is 0 Å². The molecule has 40 heavy (non-hydrogen) atoms. The first-order valence-corrected chi connectivity index (χ1v) is 13.5. The number of nitrogens with zero attached hydrogens (tertiary/aromatic N) is 1. The van der Waals surface area contributed by atoms with E-state index in [1.54, 1.807) is 19.3 Å². The third-order valence-electron chi connectivity index (χ3n) is 7.64. The summed E-state index contributed by atoms with van der Waals surface area (Å²) in [5, 5.41) is 9.01. The van der Waals surface area contributed by atoms with Crippen molar-refractivity contribution >= 4 is 35.7 Å². The Balaban J connectivity index is 0.000000201. The van der Waals surface area contributed by atoms with E-state index in [2.05, 4.69) is 27.5 Å². The molecule has 1 heterocycles. The zero-order valence-corrected chi connectivity index (χ0v) is 23.3. The lowest BCUT2D eigenvalue weighted by molar-refractivity contribution is -0.115. The molecule has 0 bridgehead atoms. The molecule has 0 aliphatic heterocycles. The van der Waals surface area contributed by atoms with Gasteiger partial charge in [-0.3, -0.25) is 9.59 Å². The Labute approximate surface area is 235 Å². The average Bonchev–Trinajstić information content (AvgIpc) is 3.72. The topological polar surface area (TPSA) is 126 Å². The number of hydrogen-bond acceptors (Lipinski definition) is 7. The molecule has 0 saturated heterocycles. The highest BCUT2D eigenvalue weighted by Gasteiger charge is 2.40. The van der Waals surface area contributed by atoms with Gasteiger partial charge in [-0.2, -0.15) is 0 Å². The molecule has 208 valence electrons. The van der Waals surface area contributed by atoms with Crippen LogP contribution in [0.4, 0.5) is 17.2 Å². The van der Waals surface area contributed by atoms with Crippen molar-refractivity contribution in [1.29, 1.82) is 0 Å². The summed E-state index contributed by atoms with van der Waals surface area (Å²) in [5.41, 5.74) is 14.0. The molecule has 0 spiro atoms. The number of benzene rings is 2. The van der Waals surface area contributed by atoms with Gasteiger partial charge in [-0.05, 0) is 92.9 Å². The second kappa shape index (κ2) is 12.3. The molecule has 1 amide bonds. The molecular weight excluding hydrogens is 502 g/mol. The fourth-order valence-corrected chi connectivity index (χ4v) is 5.20. The standard InChI is InChI=1S/C18H20N4O2.C14H17NO/c1-20-10-16(24)22-14-5-4-12-8-18(11-23,9-13(12)7-14)15-3-2-6-21-17(15)19;1-9-4-5-13(8-16)10(2)14(9)15-11(3)12-6-7-12/h2-7,11,20H,8-10H2,1H3,(H2,19,21)(H,22,24);4-5,8,12,15H,3,6-7H2,1-2H3. The second-order valence-electron chi connectivity index (χ2n) is 10.6. The number of fused-ring (bicyclic) bond motifs is 1. The Morgan fingerprint density at radius 3 is 2.50 bits per heavy atom. The minimum Gasteiger partial charge on any atom is -0.383 e.